The molecule has 2 fully saturated rings. The van der Waals surface area contributed by atoms with Crippen molar-refractivity contribution in [2.45, 2.75) is 65.8 Å². The van der Waals surface area contributed by atoms with Gasteiger partial charge in [-0.25, -0.2) is 0 Å². The van der Waals surface area contributed by atoms with E-state index in [1.54, 1.807) is 26.1 Å². The molecule has 1 saturated heterocycles. The van der Waals surface area contributed by atoms with Gasteiger partial charge in [-0.2, -0.15) is 18.4 Å². The zero-order valence-corrected chi connectivity index (χ0v) is 17.3. The molecular weight excluding hydrogens is 389 g/mol. The highest BCUT2D eigenvalue weighted by Crippen LogP contribution is 2.65. The number of nitrogens with zero attached hydrogens (tertiary/aromatic N) is 2. The molecule has 10 heteroatoms. The Hall–Kier alpha value is -2.31. The van der Waals surface area contributed by atoms with Gasteiger partial charge in [0.25, 0.3) is 0 Å². The van der Waals surface area contributed by atoms with E-state index in [4.69, 9.17) is 5.26 Å². The van der Waals surface area contributed by atoms with Gasteiger partial charge in [0.15, 0.2) is 0 Å². The molecule has 0 radical (unpaired) electrons. The van der Waals surface area contributed by atoms with Crippen LogP contribution in [0.5, 0.6) is 0 Å². The fraction of sp³-hybridized carbons (Fsp3) is 0.789. The normalized spacial score (nSPS) is 27.3. The van der Waals surface area contributed by atoms with Gasteiger partial charge in [0.1, 0.15) is 18.1 Å². The first-order valence-electron chi connectivity index (χ1n) is 9.41. The Bertz CT molecular complexity index is 751. The van der Waals surface area contributed by atoms with Crippen molar-refractivity contribution < 1.29 is 27.6 Å². The minimum Gasteiger partial charge on any atom is -0.339 e. The van der Waals surface area contributed by atoms with E-state index in [1.165, 1.54) is 11.8 Å². The van der Waals surface area contributed by atoms with Crippen LogP contribution < -0.4 is 10.6 Å². The number of carbonyl (C=O) groups is 3. The Morgan fingerprint density at radius 3 is 2.17 bits per heavy atom. The number of amides is 3. The molecule has 0 aromatic heterocycles. The summed E-state index contributed by atoms with van der Waals surface area (Å²) in [6.45, 7) is 10.3. The van der Waals surface area contributed by atoms with Crippen molar-refractivity contribution in [3.8, 4) is 6.07 Å². The van der Waals surface area contributed by atoms with E-state index in [1.807, 2.05) is 19.9 Å². The van der Waals surface area contributed by atoms with E-state index < -0.39 is 47.4 Å². The maximum absolute atomic E-state index is 13.2. The second kappa shape index (κ2) is 7.18. The van der Waals surface area contributed by atoms with Crippen LogP contribution in [0, 0.1) is 34.0 Å². The number of likely N-dealkylation sites (tertiary alicyclic amines) is 1. The molecule has 0 unspecified atom stereocenters. The van der Waals surface area contributed by atoms with E-state index >= 15 is 0 Å². The zero-order valence-electron chi connectivity index (χ0n) is 17.3. The summed E-state index contributed by atoms with van der Waals surface area (Å²) in [6, 6.07) is -1.24. The number of carbonyl (C=O) groups excluding carboxylic acids is 3. The molecule has 1 saturated carbocycles. The molecule has 5 atom stereocenters. The van der Waals surface area contributed by atoms with Crippen LogP contribution in [0.25, 0.3) is 0 Å². The van der Waals surface area contributed by atoms with Crippen LogP contribution in [-0.2, 0) is 14.4 Å². The van der Waals surface area contributed by atoms with Gasteiger partial charge in [-0.1, -0.05) is 34.6 Å². The van der Waals surface area contributed by atoms with E-state index in [-0.39, 0.29) is 23.8 Å². The maximum atomic E-state index is 13.2. The fourth-order valence-corrected chi connectivity index (χ4v) is 4.17. The average Bonchev–Trinajstić information content (AvgIpc) is 2.94. The summed E-state index contributed by atoms with van der Waals surface area (Å²) in [5.41, 5.74) is -1.21. The number of hydrogen-bond donors (Lipinski definition) is 2. The molecular formula is C19H27F3N4O3. The number of nitrogens with one attached hydrogen (secondary N) is 2. The van der Waals surface area contributed by atoms with Crippen molar-refractivity contribution in [3.63, 3.8) is 0 Å². The Balaban J connectivity index is 2.31. The third kappa shape index (κ3) is 4.33. The van der Waals surface area contributed by atoms with Gasteiger partial charge < -0.3 is 15.5 Å². The van der Waals surface area contributed by atoms with Crippen molar-refractivity contribution in [2.24, 2.45) is 22.7 Å². The number of fused-ring (bicyclic) bond motifs is 1. The van der Waals surface area contributed by atoms with Crippen LogP contribution in [0.15, 0.2) is 0 Å². The van der Waals surface area contributed by atoms with Crippen molar-refractivity contribution in [3.05, 3.63) is 0 Å². The molecule has 7 nitrogen and oxygen atoms in total. The third-order valence-corrected chi connectivity index (χ3v) is 5.96. The monoisotopic (exact) mass is 416 g/mol. The molecule has 2 N–H and O–H groups in total. The lowest BCUT2D eigenvalue weighted by Crippen LogP contribution is -2.60. The Morgan fingerprint density at radius 2 is 1.72 bits per heavy atom. The van der Waals surface area contributed by atoms with Gasteiger partial charge in [0.05, 0.1) is 6.07 Å². The van der Waals surface area contributed by atoms with E-state index in [0.717, 1.165) is 0 Å². The minimum absolute atomic E-state index is 0.0264. The van der Waals surface area contributed by atoms with Gasteiger partial charge in [0.2, 0.25) is 11.8 Å². The lowest BCUT2D eigenvalue weighted by Gasteiger charge is -2.37. The molecule has 0 aromatic carbocycles. The van der Waals surface area contributed by atoms with Crippen LogP contribution >= 0.6 is 0 Å². The summed E-state index contributed by atoms with van der Waals surface area (Å²) in [6.07, 6.45) is -5.13. The molecule has 2 rings (SSSR count). The van der Waals surface area contributed by atoms with Crippen LogP contribution in [0.4, 0.5) is 13.2 Å². The highest BCUT2D eigenvalue weighted by atomic mass is 19.4. The molecule has 3 amide bonds. The topological polar surface area (TPSA) is 102 Å². The molecule has 0 bridgehead atoms. The van der Waals surface area contributed by atoms with Gasteiger partial charge >= 0.3 is 12.1 Å². The van der Waals surface area contributed by atoms with Gasteiger partial charge in [-0.3, -0.25) is 14.4 Å². The lowest BCUT2D eigenvalue weighted by atomic mass is 9.85. The summed E-state index contributed by atoms with van der Waals surface area (Å²) in [5.74, 6) is -3.58. The van der Waals surface area contributed by atoms with Gasteiger partial charge in [-0.15, -0.1) is 0 Å². The average molecular weight is 416 g/mol. The zero-order chi connectivity index (χ0) is 22.5. The first kappa shape index (κ1) is 23.0. The number of alkyl halides is 3. The third-order valence-electron chi connectivity index (χ3n) is 5.96. The van der Waals surface area contributed by atoms with Gasteiger partial charge in [0, 0.05) is 6.54 Å². The van der Waals surface area contributed by atoms with Crippen molar-refractivity contribution in [2.75, 3.05) is 6.54 Å². The number of piperidine rings is 1. The molecule has 1 aliphatic carbocycles. The maximum Gasteiger partial charge on any atom is 0.471 e. The molecule has 1 heterocycles. The predicted molar refractivity (Wildman–Crippen MR) is 96.9 cm³/mol. The fourth-order valence-electron chi connectivity index (χ4n) is 4.17. The Morgan fingerprint density at radius 1 is 1.17 bits per heavy atom. The quantitative estimate of drug-likeness (QED) is 0.727. The molecule has 1 aliphatic heterocycles. The predicted octanol–water partition coefficient (Wildman–Crippen LogP) is 1.59. The lowest BCUT2D eigenvalue weighted by molar-refractivity contribution is -0.176. The first-order chi connectivity index (χ1) is 13.0. The highest BCUT2D eigenvalue weighted by Gasteiger charge is 2.69. The molecule has 0 spiro atoms. The van der Waals surface area contributed by atoms with E-state index in [9.17, 15) is 27.6 Å². The molecule has 0 aromatic rings. The summed E-state index contributed by atoms with van der Waals surface area (Å²) < 4.78 is 38.3. The SMILES string of the molecule is C[C@@H](C#N)NC(=O)[C@@H]1[C@@H]2[C@H](CN1C(=O)[C@@H](NC(=O)C(F)(F)F)C(C)(C)C)C2(C)C. The minimum atomic E-state index is -5.13. The van der Waals surface area contributed by atoms with Crippen LogP contribution in [0.3, 0.4) is 0 Å². The number of rotatable bonds is 4. The summed E-state index contributed by atoms with van der Waals surface area (Å²) in [5, 5.41) is 13.3. The van der Waals surface area contributed by atoms with E-state index in [2.05, 4.69) is 5.32 Å². The van der Waals surface area contributed by atoms with Crippen molar-refractivity contribution in [1.29, 1.82) is 5.26 Å². The van der Waals surface area contributed by atoms with Crippen LogP contribution in [0.1, 0.15) is 41.5 Å². The number of hydrogen-bond acceptors (Lipinski definition) is 4. The largest absolute Gasteiger partial charge is 0.471 e. The molecule has 29 heavy (non-hydrogen) atoms. The summed E-state index contributed by atoms with van der Waals surface area (Å²) in [4.78, 5) is 38.7. The standard InChI is InChI=1S/C19H27F3N4O3/c1-9(7-23)24-14(27)12-11-10(18(11,5)6)8-26(12)15(28)13(17(2,3)4)25-16(29)19(20,21)22/h9-13H,8H2,1-6H3,(H,24,27)(H,25,29)/t9-,10-,11-,12-,13+/m0/s1. The summed E-state index contributed by atoms with van der Waals surface area (Å²) in [7, 11) is 0. The van der Waals surface area contributed by atoms with Crippen LogP contribution in [-0.4, -0.2) is 53.5 Å². The second-order valence-corrected chi connectivity index (χ2v) is 9.52. The molecule has 2 aliphatic rings. The Kier molecular flexibility index (Phi) is 5.69. The smallest absolute Gasteiger partial charge is 0.339 e. The number of nitriles is 1. The van der Waals surface area contributed by atoms with Gasteiger partial charge in [-0.05, 0) is 29.6 Å². The van der Waals surface area contributed by atoms with Crippen LogP contribution in [0.2, 0.25) is 0 Å². The van der Waals surface area contributed by atoms with E-state index in [0.29, 0.717) is 0 Å². The van der Waals surface area contributed by atoms with Crippen molar-refractivity contribution >= 4 is 17.7 Å². The Labute approximate surface area is 168 Å². The summed E-state index contributed by atoms with van der Waals surface area (Å²) >= 11 is 0. The van der Waals surface area contributed by atoms with Crippen molar-refractivity contribution in [1.82, 2.24) is 15.5 Å². The number of halogens is 3. The second-order valence-electron chi connectivity index (χ2n) is 9.52. The molecule has 162 valence electrons. The first-order valence-corrected chi connectivity index (χ1v) is 9.41. The highest BCUT2D eigenvalue weighted by molar-refractivity contribution is 5.94.